The number of likely N-dealkylation sites (N-methyl/N-ethyl adjacent to an activating group) is 1. The Morgan fingerprint density at radius 3 is 2.50 bits per heavy atom. The molecule has 2 N–H and O–H groups in total. The van der Waals surface area contributed by atoms with E-state index >= 15 is 0 Å². The number of aliphatic hydroxyl groups excluding tert-OH is 1. The highest BCUT2D eigenvalue weighted by molar-refractivity contribution is 5.55. The van der Waals surface area contributed by atoms with E-state index in [1.165, 1.54) is 0 Å². The molecule has 0 saturated carbocycles. The van der Waals surface area contributed by atoms with E-state index in [-0.39, 0.29) is 12.6 Å². The van der Waals surface area contributed by atoms with Crippen molar-refractivity contribution in [3.63, 3.8) is 0 Å². The van der Waals surface area contributed by atoms with Gasteiger partial charge in [0.05, 0.1) is 12.6 Å². The van der Waals surface area contributed by atoms with Crippen LogP contribution in [0.2, 0.25) is 0 Å². The lowest BCUT2D eigenvalue weighted by atomic mass is 10.1. The fraction of sp³-hybridized carbons (Fsp3) is 0.412. The summed E-state index contributed by atoms with van der Waals surface area (Å²) in [6.45, 7) is 6.79. The summed E-state index contributed by atoms with van der Waals surface area (Å²) in [5, 5.41) is 12.4. The molecule has 0 aliphatic heterocycles. The second-order valence-electron chi connectivity index (χ2n) is 5.52. The van der Waals surface area contributed by atoms with Crippen molar-refractivity contribution in [2.24, 2.45) is 0 Å². The molecule has 0 spiro atoms. The van der Waals surface area contributed by atoms with Gasteiger partial charge in [0.1, 0.15) is 5.82 Å². The fourth-order valence-corrected chi connectivity index (χ4v) is 2.44. The summed E-state index contributed by atoms with van der Waals surface area (Å²) in [4.78, 5) is 10.7. The number of anilines is 2. The van der Waals surface area contributed by atoms with E-state index in [4.69, 9.17) is 5.11 Å². The number of aliphatic hydroxyl groups is 1. The number of benzene rings is 1. The molecule has 118 valence electrons. The average Bonchev–Trinajstić information content (AvgIpc) is 2.48. The van der Waals surface area contributed by atoms with Crippen LogP contribution in [0.1, 0.15) is 30.0 Å². The van der Waals surface area contributed by atoms with Gasteiger partial charge < -0.3 is 15.3 Å². The van der Waals surface area contributed by atoms with Gasteiger partial charge in [-0.25, -0.2) is 9.97 Å². The second-order valence-corrected chi connectivity index (χ2v) is 5.52. The largest absolute Gasteiger partial charge is 0.395 e. The summed E-state index contributed by atoms with van der Waals surface area (Å²) in [6, 6.07) is 8.32. The van der Waals surface area contributed by atoms with Crippen molar-refractivity contribution in [2.75, 3.05) is 30.4 Å². The Kier molecular flexibility index (Phi) is 5.33. The lowest BCUT2D eigenvalue weighted by Gasteiger charge is -2.20. The summed E-state index contributed by atoms with van der Waals surface area (Å²) in [5.74, 6) is 0.796. The Hall–Kier alpha value is -2.14. The number of hydrogen-bond acceptors (Lipinski definition) is 5. The Bertz CT molecular complexity index is 613. The van der Waals surface area contributed by atoms with Crippen molar-refractivity contribution < 1.29 is 5.11 Å². The second kappa shape index (κ2) is 7.22. The molecule has 0 saturated heterocycles. The highest BCUT2D eigenvalue weighted by atomic mass is 16.3. The molecule has 1 aromatic carbocycles. The molecule has 0 aliphatic rings. The standard InChI is InChI=1S/C17H24N4O/c1-12-17(11-18-14(3)19-12)13(2)20-15-5-7-16(8-6-15)21(4)9-10-22/h5-8,11,13,20,22H,9-10H2,1-4H3. The van der Waals surface area contributed by atoms with E-state index in [1.54, 1.807) is 0 Å². The smallest absolute Gasteiger partial charge is 0.125 e. The first-order valence-corrected chi connectivity index (χ1v) is 7.50. The summed E-state index contributed by atoms with van der Waals surface area (Å²) >= 11 is 0. The lowest BCUT2D eigenvalue weighted by molar-refractivity contribution is 0.304. The van der Waals surface area contributed by atoms with Gasteiger partial charge in [-0.05, 0) is 45.0 Å². The third-order valence-electron chi connectivity index (χ3n) is 3.73. The van der Waals surface area contributed by atoms with Crippen LogP contribution in [0.3, 0.4) is 0 Å². The van der Waals surface area contributed by atoms with Gasteiger partial charge in [-0.3, -0.25) is 0 Å². The van der Waals surface area contributed by atoms with Crippen LogP contribution in [0, 0.1) is 13.8 Å². The van der Waals surface area contributed by atoms with Gasteiger partial charge in [0.2, 0.25) is 0 Å². The molecule has 5 heteroatoms. The molecule has 0 fully saturated rings. The molecule has 5 nitrogen and oxygen atoms in total. The highest BCUT2D eigenvalue weighted by Crippen LogP contribution is 2.22. The lowest BCUT2D eigenvalue weighted by Crippen LogP contribution is -2.20. The molecular weight excluding hydrogens is 276 g/mol. The van der Waals surface area contributed by atoms with Crippen LogP contribution < -0.4 is 10.2 Å². The van der Waals surface area contributed by atoms with Crippen molar-refractivity contribution in [3.05, 3.63) is 47.5 Å². The maximum Gasteiger partial charge on any atom is 0.125 e. The zero-order valence-corrected chi connectivity index (χ0v) is 13.7. The maximum absolute atomic E-state index is 8.98. The predicted octanol–water partition coefficient (Wildman–Crippen LogP) is 2.70. The Morgan fingerprint density at radius 1 is 1.23 bits per heavy atom. The average molecular weight is 300 g/mol. The third kappa shape index (κ3) is 3.95. The van der Waals surface area contributed by atoms with Crippen LogP contribution in [-0.4, -0.2) is 35.3 Å². The zero-order valence-electron chi connectivity index (χ0n) is 13.7. The Morgan fingerprint density at radius 2 is 1.91 bits per heavy atom. The van der Waals surface area contributed by atoms with E-state index in [1.807, 2.05) is 56.3 Å². The van der Waals surface area contributed by atoms with Gasteiger partial charge >= 0.3 is 0 Å². The van der Waals surface area contributed by atoms with E-state index < -0.39 is 0 Å². The molecule has 2 aromatic rings. The Labute approximate surface area is 132 Å². The number of nitrogens with one attached hydrogen (secondary N) is 1. The van der Waals surface area contributed by atoms with Crippen molar-refractivity contribution >= 4 is 11.4 Å². The first kappa shape index (κ1) is 16.2. The van der Waals surface area contributed by atoms with Gasteiger partial charge in [0.25, 0.3) is 0 Å². The van der Waals surface area contributed by atoms with E-state index in [0.29, 0.717) is 6.54 Å². The number of nitrogens with zero attached hydrogens (tertiary/aromatic N) is 3. The summed E-state index contributed by atoms with van der Waals surface area (Å²) in [7, 11) is 1.97. The fourth-order valence-electron chi connectivity index (χ4n) is 2.44. The minimum atomic E-state index is 0.140. The van der Waals surface area contributed by atoms with E-state index in [0.717, 1.165) is 28.5 Å². The quantitative estimate of drug-likeness (QED) is 0.859. The van der Waals surface area contributed by atoms with Crippen LogP contribution in [-0.2, 0) is 0 Å². The summed E-state index contributed by atoms with van der Waals surface area (Å²) < 4.78 is 0. The van der Waals surface area contributed by atoms with Crippen molar-refractivity contribution in [1.82, 2.24) is 9.97 Å². The molecule has 2 rings (SSSR count). The Balaban J connectivity index is 2.07. The molecule has 1 heterocycles. The van der Waals surface area contributed by atoms with Crippen molar-refractivity contribution in [2.45, 2.75) is 26.8 Å². The van der Waals surface area contributed by atoms with Crippen LogP contribution in [0.4, 0.5) is 11.4 Å². The molecule has 0 bridgehead atoms. The van der Waals surface area contributed by atoms with Crippen molar-refractivity contribution in [3.8, 4) is 0 Å². The number of aromatic nitrogens is 2. The van der Waals surface area contributed by atoms with Gasteiger partial charge in [0.15, 0.2) is 0 Å². The van der Waals surface area contributed by atoms with Crippen LogP contribution in [0.5, 0.6) is 0 Å². The van der Waals surface area contributed by atoms with E-state index in [9.17, 15) is 0 Å². The molecule has 1 unspecified atom stereocenters. The third-order valence-corrected chi connectivity index (χ3v) is 3.73. The van der Waals surface area contributed by atoms with Crippen LogP contribution in [0.25, 0.3) is 0 Å². The number of hydrogen-bond donors (Lipinski definition) is 2. The topological polar surface area (TPSA) is 61.3 Å². The molecule has 0 amide bonds. The molecule has 0 radical (unpaired) electrons. The molecule has 1 aromatic heterocycles. The zero-order chi connectivity index (χ0) is 16.1. The van der Waals surface area contributed by atoms with Gasteiger partial charge in [-0.1, -0.05) is 0 Å². The van der Waals surface area contributed by atoms with Gasteiger partial charge in [-0.15, -0.1) is 0 Å². The predicted molar refractivity (Wildman–Crippen MR) is 90.3 cm³/mol. The highest BCUT2D eigenvalue weighted by Gasteiger charge is 2.10. The first-order chi connectivity index (χ1) is 10.5. The van der Waals surface area contributed by atoms with Crippen LogP contribution in [0.15, 0.2) is 30.5 Å². The normalized spacial score (nSPS) is 12.0. The van der Waals surface area contributed by atoms with Crippen LogP contribution >= 0.6 is 0 Å². The summed E-state index contributed by atoms with van der Waals surface area (Å²) in [5.41, 5.74) is 4.25. The first-order valence-electron chi connectivity index (χ1n) is 7.50. The molecule has 22 heavy (non-hydrogen) atoms. The van der Waals surface area contributed by atoms with Gasteiger partial charge in [-0.2, -0.15) is 0 Å². The van der Waals surface area contributed by atoms with E-state index in [2.05, 4.69) is 22.2 Å². The molecule has 0 aliphatic carbocycles. The summed E-state index contributed by atoms with van der Waals surface area (Å²) in [6.07, 6.45) is 1.89. The molecule has 1 atom stereocenters. The van der Waals surface area contributed by atoms with Gasteiger partial charge in [0, 0.05) is 42.4 Å². The molecular formula is C17H24N4O. The maximum atomic E-state index is 8.98. The minimum Gasteiger partial charge on any atom is -0.395 e. The monoisotopic (exact) mass is 300 g/mol. The van der Waals surface area contributed by atoms with Crippen molar-refractivity contribution in [1.29, 1.82) is 0 Å². The number of rotatable bonds is 6. The minimum absolute atomic E-state index is 0.140. The number of aryl methyl sites for hydroxylation is 2. The SMILES string of the molecule is Cc1ncc(C(C)Nc2ccc(N(C)CCO)cc2)c(C)n1.